The van der Waals surface area contributed by atoms with Crippen molar-refractivity contribution in [1.29, 1.82) is 0 Å². The van der Waals surface area contributed by atoms with E-state index < -0.39 is 0 Å². The predicted molar refractivity (Wildman–Crippen MR) is 101 cm³/mol. The number of fused-ring (bicyclic) bond motifs is 1. The molecule has 0 bridgehead atoms. The van der Waals surface area contributed by atoms with Crippen LogP contribution < -0.4 is 10.1 Å². The molecule has 0 saturated carbocycles. The monoisotopic (exact) mass is 372 g/mol. The van der Waals surface area contributed by atoms with E-state index in [0.29, 0.717) is 35.9 Å². The summed E-state index contributed by atoms with van der Waals surface area (Å²) in [5.74, 6) is 0.135. The summed E-state index contributed by atoms with van der Waals surface area (Å²) >= 11 is 0. The molecule has 0 atom stereocenters. The second-order valence-corrected chi connectivity index (χ2v) is 6.67. The number of ether oxygens (including phenoxy) is 1. The van der Waals surface area contributed by atoms with Gasteiger partial charge in [0.05, 0.1) is 29.8 Å². The van der Waals surface area contributed by atoms with Crippen molar-refractivity contribution in [2.75, 3.05) is 32.6 Å². The number of amides is 1. The van der Waals surface area contributed by atoms with Crippen LogP contribution >= 0.6 is 0 Å². The molecule has 0 fully saturated rings. The van der Waals surface area contributed by atoms with Gasteiger partial charge in [-0.3, -0.25) is 9.89 Å². The Balaban J connectivity index is 1.61. The zero-order chi connectivity index (χ0) is 19.2. The molecule has 0 radical (unpaired) electrons. The van der Waals surface area contributed by atoms with Crippen LogP contribution in [0.2, 0.25) is 0 Å². The number of aromatic nitrogens is 3. The molecule has 1 aliphatic rings. The molecule has 1 amide bonds. The van der Waals surface area contributed by atoms with E-state index in [1.165, 1.54) is 0 Å². The molecule has 9 heteroatoms. The number of pyridine rings is 1. The number of anilines is 1. The van der Waals surface area contributed by atoms with Gasteiger partial charge in [0.2, 0.25) is 5.88 Å². The van der Waals surface area contributed by atoms with Gasteiger partial charge in [-0.2, -0.15) is 5.10 Å². The molecular weight excluding hydrogens is 348 g/mol. The summed E-state index contributed by atoms with van der Waals surface area (Å²) in [5, 5.41) is 22.2. The van der Waals surface area contributed by atoms with Gasteiger partial charge in [0.1, 0.15) is 0 Å². The summed E-state index contributed by atoms with van der Waals surface area (Å²) in [7, 11) is 4.03. The fourth-order valence-corrected chi connectivity index (χ4v) is 2.98. The standard InChI is InChI=1S/C18H24N6O3/c1-24(2)9-4-10-27-15-8-7-12(11-19-15)20-18(25)17-16-13(21-22-17)5-3-6-14(16)23-26/h7-8,11,26H,3-6,9-10H2,1-2H3,(H,20,25)(H,21,22). The van der Waals surface area contributed by atoms with Gasteiger partial charge in [-0.05, 0) is 45.8 Å². The number of oxime groups is 1. The highest BCUT2D eigenvalue weighted by Gasteiger charge is 2.26. The lowest BCUT2D eigenvalue weighted by Crippen LogP contribution is -2.19. The Kier molecular flexibility index (Phi) is 6.02. The molecule has 2 aromatic rings. The number of hydrogen-bond donors (Lipinski definition) is 3. The average molecular weight is 372 g/mol. The van der Waals surface area contributed by atoms with E-state index in [9.17, 15) is 10.0 Å². The van der Waals surface area contributed by atoms with Gasteiger partial charge in [-0.25, -0.2) is 4.98 Å². The lowest BCUT2D eigenvalue weighted by Gasteiger charge is -2.13. The molecule has 27 heavy (non-hydrogen) atoms. The minimum atomic E-state index is -0.378. The molecule has 0 aliphatic heterocycles. The van der Waals surface area contributed by atoms with Crippen LogP contribution in [0, 0.1) is 0 Å². The zero-order valence-electron chi connectivity index (χ0n) is 15.5. The smallest absolute Gasteiger partial charge is 0.276 e. The Labute approximate surface area is 157 Å². The minimum absolute atomic E-state index is 0.224. The first-order valence-electron chi connectivity index (χ1n) is 8.92. The second-order valence-electron chi connectivity index (χ2n) is 6.67. The fourth-order valence-electron chi connectivity index (χ4n) is 2.98. The number of H-pyrrole nitrogens is 1. The van der Waals surface area contributed by atoms with Crippen LogP contribution in [0.3, 0.4) is 0 Å². The molecule has 0 aromatic carbocycles. The second kappa shape index (κ2) is 8.63. The van der Waals surface area contributed by atoms with Crippen LogP contribution in [-0.4, -0.2) is 64.2 Å². The molecule has 144 valence electrons. The van der Waals surface area contributed by atoms with Crippen molar-refractivity contribution in [2.45, 2.75) is 25.7 Å². The van der Waals surface area contributed by atoms with Gasteiger partial charge >= 0.3 is 0 Å². The minimum Gasteiger partial charge on any atom is -0.478 e. The van der Waals surface area contributed by atoms with E-state index >= 15 is 0 Å². The van der Waals surface area contributed by atoms with Crippen LogP contribution in [0.4, 0.5) is 5.69 Å². The summed E-state index contributed by atoms with van der Waals surface area (Å²) in [6.45, 7) is 1.53. The first-order chi connectivity index (χ1) is 13.1. The maximum absolute atomic E-state index is 12.6. The summed E-state index contributed by atoms with van der Waals surface area (Å²) < 4.78 is 5.58. The first kappa shape index (κ1) is 18.8. The molecule has 3 N–H and O–H groups in total. The highest BCUT2D eigenvalue weighted by molar-refractivity contribution is 6.13. The topological polar surface area (TPSA) is 116 Å². The SMILES string of the molecule is CN(C)CCCOc1ccc(NC(=O)c2n[nH]c3c2C(=NO)CCC3)cn1. The Bertz CT molecular complexity index is 813. The Morgan fingerprint density at radius 3 is 2.96 bits per heavy atom. The molecule has 3 rings (SSSR count). The highest BCUT2D eigenvalue weighted by Crippen LogP contribution is 2.24. The van der Waals surface area contributed by atoms with Crippen LogP contribution in [0.1, 0.15) is 41.0 Å². The fraction of sp³-hybridized carbons (Fsp3) is 0.444. The summed E-state index contributed by atoms with van der Waals surface area (Å²) in [6.07, 6.45) is 4.70. The van der Waals surface area contributed by atoms with Crippen LogP contribution in [0.25, 0.3) is 0 Å². The van der Waals surface area contributed by atoms with E-state index in [1.807, 2.05) is 14.1 Å². The van der Waals surface area contributed by atoms with Gasteiger partial charge in [0, 0.05) is 18.3 Å². The molecule has 0 spiro atoms. The summed E-state index contributed by atoms with van der Waals surface area (Å²) in [5.41, 5.74) is 2.65. The van der Waals surface area contributed by atoms with E-state index in [-0.39, 0.29) is 11.6 Å². The molecular formula is C18H24N6O3. The Morgan fingerprint density at radius 1 is 1.41 bits per heavy atom. The zero-order valence-corrected chi connectivity index (χ0v) is 15.5. The lowest BCUT2D eigenvalue weighted by atomic mass is 9.93. The number of carbonyl (C=O) groups excluding carboxylic acids is 1. The normalized spacial score (nSPS) is 15.0. The molecule has 9 nitrogen and oxygen atoms in total. The van der Waals surface area contributed by atoms with Crippen molar-refractivity contribution in [3.8, 4) is 5.88 Å². The quantitative estimate of drug-likeness (QED) is 0.388. The maximum Gasteiger partial charge on any atom is 0.276 e. The van der Waals surface area contributed by atoms with E-state index in [2.05, 4.69) is 30.6 Å². The third kappa shape index (κ3) is 4.62. The van der Waals surface area contributed by atoms with Crippen LogP contribution in [0.5, 0.6) is 5.88 Å². The summed E-state index contributed by atoms with van der Waals surface area (Å²) in [6, 6.07) is 3.44. The summed E-state index contributed by atoms with van der Waals surface area (Å²) in [4.78, 5) is 18.9. The Hall–Kier alpha value is -2.94. The van der Waals surface area contributed by atoms with Crippen LogP contribution in [0.15, 0.2) is 23.5 Å². The third-order valence-corrected chi connectivity index (χ3v) is 4.30. The van der Waals surface area contributed by atoms with E-state index in [4.69, 9.17) is 4.74 Å². The van der Waals surface area contributed by atoms with Gasteiger partial charge in [-0.1, -0.05) is 5.16 Å². The van der Waals surface area contributed by atoms with Gasteiger partial charge in [-0.15, -0.1) is 0 Å². The molecule has 2 aromatic heterocycles. The molecule has 0 saturated heterocycles. The van der Waals surface area contributed by atoms with Crippen molar-refractivity contribution in [2.24, 2.45) is 5.16 Å². The number of carbonyl (C=O) groups is 1. The highest BCUT2D eigenvalue weighted by atomic mass is 16.5. The number of rotatable bonds is 7. The Morgan fingerprint density at radius 2 is 2.26 bits per heavy atom. The number of aryl methyl sites for hydroxylation is 1. The van der Waals surface area contributed by atoms with E-state index in [1.54, 1.807) is 18.3 Å². The number of nitrogens with one attached hydrogen (secondary N) is 2. The third-order valence-electron chi connectivity index (χ3n) is 4.30. The van der Waals surface area contributed by atoms with Crippen molar-refractivity contribution >= 4 is 17.3 Å². The first-order valence-corrected chi connectivity index (χ1v) is 8.92. The number of hydrogen-bond acceptors (Lipinski definition) is 7. The number of aromatic amines is 1. The predicted octanol–water partition coefficient (Wildman–Crippen LogP) is 1.90. The average Bonchev–Trinajstić information content (AvgIpc) is 3.10. The van der Waals surface area contributed by atoms with Gasteiger partial charge in [0.25, 0.3) is 5.91 Å². The molecule has 2 heterocycles. The van der Waals surface area contributed by atoms with Crippen molar-refractivity contribution < 1.29 is 14.7 Å². The molecule has 0 unspecified atom stereocenters. The van der Waals surface area contributed by atoms with Crippen molar-refractivity contribution in [3.05, 3.63) is 35.3 Å². The lowest BCUT2D eigenvalue weighted by molar-refractivity contribution is 0.102. The van der Waals surface area contributed by atoms with Crippen molar-refractivity contribution in [1.82, 2.24) is 20.1 Å². The van der Waals surface area contributed by atoms with E-state index in [0.717, 1.165) is 31.5 Å². The van der Waals surface area contributed by atoms with Gasteiger partial charge < -0.3 is 20.2 Å². The van der Waals surface area contributed by atoms with Crippen LogP contribution in [-0.2, 0) is 6.42 Å². The van der Waals surface area contributed by atoms with Gasteiger partial charge in [0.15, 0.2) is 5.69 Å². The number of nitrogens with zero attached hydrogens (tertiary/aromatic N) is 4. The van der Waals surface area contributed by atoms with Crippen molar-refractivity contribution in [3.63, 3.8) is 0 Å². The maximum atomic E-state index is 12.6. The largest absolute Gasteiger partial charge is 0.478 e. The molecule has 1 aliphatic carbocycles.